The monoisotopic (exact) mass is 162 g/mol. The first-order valence-electron chi connectivity index (χ1n) is 2.25. The van der Waals surface area contributed by atoms with Gasteiger partial charge in [0, 0.05) is 12.4 Å². The Bertz CT molecular complexity index is 215. The van der Waals surface area contributed by atoms with Gasteiger partial charge in [0.05, 0.1) is 5.30 Å². The first kappa shape index (κ1) is 6.72. The summed E-state index contributed by atoms with van der Waals surface area (Å²) in [6.45, 7) is 0. The first-order valence-corrected chi connectivity index (χ1v) is 4.67. The van der Waals surface area contributed by atoms with E-state index in [1.807, 2.05) is 0 Å². The van der Waals surface area contributed by atoms with Gasteiger partial charge in [-0.15, -0.1) is 0 Å². The van der Waals surface area contributed by atoms with Gasteiger partial charge in [-0.05, 0) is 0 Å². The van der Waals surface area contributed by atoms with E-state index in [-0.39, 0.29) is 0 Å². The van der Waals surface area contributed by atoms with Crippen LogP contribution in [0.3, 0.4) is 0 Å². The highest BCUT2D eigenvalue weighted by Gasteiger charge is 1.95. The third kappa shape index (κ3) is 1.77. The molecule has 1 heterocycles. The Balaban J connectivity index is 2.98. The molecular formula is C4H4ClN2OP. The molecule has 0 fully saturated rings. The lowest BCUT2D eigenvalue weighted by Gasteiger charge is -1.87. The highest BCUT2D eigenvalue weighted by atomic mass is 35.7. The molecule has 0 amide bonds. The van der Waals surface area contributed by atoms with Gasteiger partial charge in [0.15, 0.2) is 7.15 Å². The maximum Gasteiger partial charge on any atom is 0.189 e. The summed E-state index contributed by atoms with van der Waals surface area (Å²) >= 11 is 5.27. The minimum Gasteiger partial charge on any atom is -0.305 e. The van der Waals surface area contributed by atoms with Gasteiger partial charge in [0.2, 0.25) is 0 Å². The zero-order valence-electron chi connectivity index (χ0n) is 4.41. The van der Waals surface area contributed by atoms with Crippen molar-refractivity contribution in [2.45, 2.75) is 0 Å². The normalized spacial score (nSPS) is 13.0. The van der Waals surface area contributed by atoms with Gasteiger partial charge in [-0.3, -0.25) is 0 Å². The van der Waals surface area contributed by atoms with Crippen LogP contribution in [0.4, 0.5) is 0 Å². The Hall–Kier alpha value is -0.400. The number of rotatable bonds is 1. The van der Waals surface area contributed by atoms with Crippen LogP contribution in [0.5, 0.6) is 0 Å². The number of halogens is 1. The molecule has 48 valence electrons. The Morgan fingerprint density at radius 2 is 2.00 bits per heavy atom. The molecule has 0 aromatic carbocycles. The van der Waals surface area contributed by atoms with Crippen molar-refractivity contribution in [1.29, 1.82) is 0 Å². The molecule has 1 atom stereocenters. The standard InChI is InChI=1S/C4H4ClN2OP/c5-9(8)4-1-6-3-7-2-4/h1-3,9H. The summed E-state index contributed by atoms with van der Waals surface area (Å²) in [6.07, 6.45) is 4.26. The van der Waals surface area contributed by atoms with Gasteiger partial charge in [0.25, 0.3) is 0 Å². The highest BCUT2D eigenvalue weighted by Crippen LogP contribution is 2.23. The zero-order chi connectivity index (χ0) is 6.69. The zero-order valence-corrected chi connectivity index (χ0v) is 6.17. The number of nitrogens with zero attached hydrogens (tertiary/aromatic N) is 2. The van der Waals surface area contributed by atoms with Gasteiger partial charge in [-0.25, -0.2) is 9.97 Å². The summed E-state index contributed by atoms with van der Waals surface area (Å²) in [5.74, 6) is 0. The summed E-state index contributed by atoms with van der Waals surface area (Å²) in [4.78, 5) is 7.27. The van der Waals surface area contributed by atoms with Crippen LogP contribution in [0, 0.1) is 0 Å². The molecule has 1 unspecified atom stereocenters. The van der Waals surface area contributed by atoms with Crippen LogP contribution in [0.25, 0.3) is 0 Å². The fraction of sp³-hybridized carbons (Fsp3) is 0. The summed E-state index contributed by atoms with van der Waals surface area (Å²) in [5.41, 5.74) is 0. The fourth-order valence-electron chi connectivity index (χ4n) is 0.401. The van der Waals surface area contributed by atoms with E-state index in [2.05, 4.69) is 9.97 Å². The second kappa shape index (κ2) is 2.95. The highest BCUT2D eigenvalue weighted by molar-refractivity contribution is 7.80. The van der Waals surface area contributed by atoms with Crippen LogP contribution in [0.15, 0.2) is 18.7 Å². The second-order valence-electron chi connectivity index (χ2n) is 1.40. The average Bonchev–Trinajstić information content (AvgIpc) is 1.90. The minimum atomic E-state index is -2.11. The molecule has 0 spiro atoms. The largest absolute Gasteiger partial charge is 0.305 e. The molecule has 0 aliphatic rings. The van der Waals surface area contributed by atoms with Crippen LogP contribution >= 0.6 is 18.4 Å². The quantitative estimate of drug-likeness (QED) is 0.574. The Morgan fingerprint density at radius 1 is 1.44 bits per heavy atom. The fourth-order valence-corrected chi connectivity index (χ4v) is 1.05. The lowest BCUT2D eigenvalue weighted by molar-refractivity contribution is 0.600. The molecule has 0 radical (unpaired) electrons. The van der Waals surface area contributed by atoms with Crippen LogP contribution in [0.1, 0.15) is 0 Å². The third-order valence-corrected chi connectivity index (χ3v) is 2.15. The van der Waals surface area contributed by atoms with E-state index < -0.39 is 7.15 Å². The van der Waals surface area contributed by atoms with E-state index in [9.17, 15) is 4.57 Å². The molecule has 0 saturated heterocycles. The van der Waals surface area contributed by atoms with Crippen LogP contribution < -0.4 is 5.30 Å². The van der Waals surface area contributed by atoms with Crippen molar-refractivity contribution in [2.75, 3.05) is 0 Å². The molecule has 0 saturated carbocycles. The molecule has 1 rings (SSSR count). The van der Waals surface area contributed by atoms with E-state index in [4.69, 9.17) is 11.2 Å². The third-order valence-electron chi connectivity index (χ3n) is 0.788. The van der Waals surface area contributed by atoms with E-state index in [0.29, 0.717) is 5.30 Å². The van der Waals surface area contributed by atoms with Crippen molar-refractivity contribution in [3.63, 3.8) is 0 Å². The van der Waals surface area contributed by atoms with E-state index >= 15 is 0 Å². The van der Waals surface area contributed by atoms with Crippen molar-refractivity contribution < 1.29 is 4.57 Å². The van der Waals surface area contributed by atoms with Crippen LogP contribution in [0.2, 0.25) is 0 Å². The van der Waals surface area contributed by atoms with Crippen molar-refractivity contribution in [2.24, 2.45) is 0 Å². The predicted octanol–water partition coefficient (Wildman–Crippen LogP) is 0.815. The van der Waals surface area contributed by atoms with Gasteiger partial charge in [0.1, 0.15) is 6.33 Å². The number of aromatic nitrogens is 2. The molecule has 1 aromatic heterocycles. The summed E-state index contributed by atoms with van der Waals surface area (Å²) in [5, 5.41) is 0.504. The molecule has 1 aromatic rings. The molecule has 3 nitrogen and oxygen atoms in total. The van der Waals surface area contributed by atoms with Crippen molar-refractivity contribution in [1.82, 2.24) is 9.97 Å². The second-order valence-corrected chi connectivity index (χ2v) is 3.56. The predicted molar refractivity (Wildman–Crippen MR) is 36.5 cm³/mol. The topological polar surface area (TPSA) is 42.9 Å². The van der Waals surface area contributed by atoms with Crippen molar-refractivity contribution in [3.05, 3.63) is 18.7 Å². The first-order chi connectivity index (χ1) is 4.30. The lowest BCUT2D eigenvalue weighted by Crippen LogP contribution is -1.94. The van der Waals surface area contributed by atoms with Crippen LogP contribution in [-0.4, -0.2) is 9.97 Å². The van der Waals surface area contributed by atoms with Crippen molar-refractivity contribution in [3.8, 4) is 0 Å². The van der Waals surface area contributed by atoms with E-state index in [0.717, 1.165) is 0 Å². The Morgan fingerprint density at radius 3 is 2.33 bits per heavy atom. The smallest absolute Gasteiger partial charge is 0.189 e. The molecule has 0 N–H and O–H groups in total. The van der Waals surface area contributed by atoms with E-state index in [1.165, 1.54) is 18.7 Å². The van der Waals surface area contributed by atoms with Gasteiger partial charge in [-0.2, -0.15) is 0 Å². The van der Waals surface area contributed by atoms with Gasteiger partial charge >= 0.3 is 0 Å². The van der Waals surface area contributed by atoms with Crippen LogP contribution in [-0.2, 0) is 4.57 Å². The van der Waals surface area contributed by atoms with E-state index in [1.54, 1.807) is 0 Å². The minimum absolute atomic E-state index is 0.504. The molecule has 0 bridgehead atoms. The molecule has 5 heteroatoms. The van der Waals surface area contributed by atoms with Gasteiger partial charge < -0.3 is 4.57 Å². The Kier molecular flexibility index (Phi) is 2.20. The van der Waals surface area contributed by atoms with Crippen molar-refractivity contribution >= 4 is 23.7 Å². The molecule has 0 aliphatic carbocycles. The summed E-state index contributed by atoms with van der Waals surface area (Å²) < 4.78 is 10.5. The molecular weight excluding hydrogens is 158 g/mol. The Labute approximate surface area is 57.7 Å². The molecule has 9 heavy (non-hydrogen) atoms. The summed E-state index contributed by atoms with van der Waals surface area (Å²) in [7, 11) is -2.11. The maximum absolute atomic E-state index is 10.5. The maximum atomic E-state index is 10.5. The average molecular weight is 163 g/mol. The number of hydrogen-bond acceptors (Lipinski definition) is 3. The summed E-state index contributed by atoms with van der Waals surface area (Å²) in [6, 6.07) is 0. The molecule has 0 aliphatic heterocycles. The SMILES string of the molecule is O=[PH](Cl)c1cncnc1. The number of hydrogen-bond donors (Lipinski definition) is 0. The lowest BCUT2D eigenvalue weighted by atomic mass is 10.7. The van der Waals surface area contributed by atoms with Gasteiger partial charge in [-0.1, -0.05) is 11.2 Å².